The van der Waals surface area contributed by atoms with E-state index in [0.717, 1.165) is 11.1 Å². The van der Waals surface area contributed by atoms with Gasteiger partial charge in [0.25, 0.3) is 0 Å². The van der Waals surface area contributed by atoms with Crippen molar-refractivity contribution >= 4 is 70.0 Å². The van der Waals surface area contributed by atoms with E-state index in [2.05, 4.69) is 5.32 Å². The van der Waals surface area contributed by atoms with Crippen molar-refractivity contribution in [2.75, 3.05) is 12.3 Å². The van der Waals surface area contributed by atoms with Crippen LogP contribution in [0.25, 0.3) is 0 Å². The number of benzene rings is 2. The molecule has 0 fully saturated rings. The lowest BCUT2D eigenvalue weighted by Gasteiger charge is -2.28. The van der Waals surface area contributed by atoms with Crippen molar-refractivity contribution in [3.63, 3.8) is 0 Å². The highest BCUT2D eigenvalue weighted by Gasteiger charge is 2.26. The molecule has 0 aliphatic carbocycles. The van der Waals surface area contributed by atoms with Crippen LogP contribution in [0.3, 0.4) is 0 Å². The van der Waals surface area contributed by atoms with Gasteiger partial charge in [-0.15, -0.1) is 11.8 Å². The van der Waals surface area contributed by atoms with Crippen LogP contribution in [0.4, 0.5) is 0 Å². The molecule has 0 aliphatic heterocycles. The van der Waals surface area contributed by atoms with Gasteiger partial charge in [-0.25, -0.2) is 0 Å². The summed E-state index contributed by atoms with van der Waals surface area (Å²) in [5, 5.41) is 4.73. The van der Waals surface area contributed by atoms with Crippen LogP contribution in [0, 0.1) is 0 Å². The molecule has 0 saturated heterocycles. The third kappa shape index (κ3) is 7.24. The fourth-order valence-corrected chi connectivity index (χ4v) is 4.50. The summed E-state index contributed by atoms with van der Waals surface area (Å²) in [5.41, 5.74) is 1.69. The fourth-order valence-electron chi connectivity index (χ4n) is 2.71. The van der Waals surface area contributed by atoms with Crippen molar-refractivity contribution in [2.45, 2.75) is 32.2 Å². The largest absolute Gasteiger partial charge is 0.355 e. The lowest BCUT2D eigenvalue weighted by Crippen LogP contribution is -2.48. The van der Waals surface area contributed by atoms with Gasteiger partial charge >= 0.3 is 0 Å². The van der Waals surface area contributed by atoms with Gasteiger partial charge in [0, 0.05) is 28.9 Å². The van der Waals surface area contributed by atoms with Gasteiger partial charge in [-0.05, 0) is 49.2 Å². The normalized spacial score (nSPS) is 11.8. The van der Waals surface area contributed by atoms with Crippen LogP contribution in [0.1, 0.15) is 25.0 Å². The smallest absolute Gasteiger partial charge is 0.242 e. The number of likely N-dealkylation sites (N-methyl/N-ethyl adjacent to an activating group) is 1. The van der Waals surface area contributed by atoms with Crippen molar-refractivity contribution in [1.82, 2.24) is 10.2 Å². The van der Waals surface area contributed by atoms with E-state index < -0.39 is 6.04 Å². The zero-order valence-electron chi connectivity index (χ0n) is 16.6. The molecule has 2 rings (SSSR count). The first-order valence-electron chi connectivity index (χ1n) is 9.25. The summed E-state index contributed by atoms with van der Waals surface area (Å²) in [4.78, 5) is 26.9. The Labute approximate surface area is 201 Å². The molecule has 2 aromatic carbocycles. The molecular formula is C21H22Cl4N2O2S. The van der Waals surface area contributed by atoms with Crippen molar-refractivity contribution in [3.05, 3.63) is 67.6 Å². The molecule has 0 saturated carbocycles. The van der Waals surface area contributed by atoms with Crippen LogP contribution in [-0.4, -0.2) is 35.1 Å². The third-order valence-electron chi connectivity index (χ3n) is 4.35. The van der Waals surface area contributed by atoms with Gasteiger partial charge in [0.2, 0.25) is 11.8 Å². The predicted octanol–water partition coefficient (Wildman–Crippen LogP) is 6.09. The van der Waals surface area contributed by atoms with Crippen molar-refractivity contribution in [3.8, 4) is 0 Å². The molecule has 30 heavy (non-hydrogen) atoms. The minimum atomic E-state index is -0.633. The summed E-state index contributed by atoms with van der Waals surface area (Å²) >= 11 is 25.6. The second kappa shape index (κ2) is 12.1. The number of halogens is 4. The number of carbonyl (C=O) groups excluding carboxylic acids is 2. The molecule has 1 atom stereocenters. The maximum absolute atomic E-state index is 13.0. The third-order valence-corrected chi connectivity index (χ3v) is 6.65. The highest BCUT2D eigenvalue weighted by Crippen LogP contribution is 2.26. The summed E-state index contributed by atoms with van der Waals surface area (Å²) in [7, 11) is 0. The summed E-state index contributed by atoms with van der Waals surface area (Å²) in [6, 6.07) is 9.82. The molecule has 162 valence electrons. The average molecular weight is 508 g/mol. The summed E-state index contributed by atoms with van der Waals surface area (Å²) < 4.78 is 0. The number of nitrogens with one attached hydrogen (secondary N) is 1. The van der Waals surface area contributed by atoms with E-state index in [9.17, 15) is 9.59 Å². The van der Waals surface area contributed by atoms with Crippen LogP contribution in [0.5, 0.6) is 0 Å². The minimum Gasteiger partial charge on any atom is -0.355 e. The Hall–Kier alpha value is -1.11. The molecule has 1 N–H and O–H groups in total. The molecule has 2 amide bonds. The van der Waals surface area contributed by atoms with Crippen LogP contribution in [0.15, 0.2) is 36.4 Å². The lowest BCUT2D eigenvalue weighted by atomic mass is 10.1. The monoisotopic (exact) mass is 506 g/mol. The zero-order valence-corrected chi connectivity index (χ0v) is 20.4. The molecule has 0 bridgehead atoms. The van der Waals surface area contributed by atoms with Gasteiger partial charge < -0.3 is 10.2 Å². The van der Waals surface area contributed by atoms with Gasteiger partial charge in [-0.1, -0.05) is 58.5 Å². The molecule has 4 nitrogen and oxygen atoms in total. The van der Waals surface area contributed by atoms with Crippen molar-refractivity contribution in [1.29, 1.82) is 0 Å². The Balaban J connectivity index is 2.10. The predicted molar refractivity (Wildman–Crippen MR) is 128 cm³/mol. The van der Waals surface area contributed by atoms with E-state index in [4.69, 9.17) is 46.4 Å². The highest BCUT2D eigenvalue weighted by atomic mass is 35.5. The van der Waals surface area contributed by atoms with Crippen LogP contribution in [0.2, 0.25) is 20.1 Å². The maximum Gasteiger partial charge on any atom is 0.242 e. The SMILES string of the molecule is CCNC(=O)C(C)N(Cc1ccc(Cl)c(Cl)c1)C(=O)CSCc1ccc(Cl)cc1Cl. The second-order valence-corrected chi connectivity index (χ2v) is 9.21. The molecule has 2 aromatic rings. The van der Waals surface area contributed by atoms with E-state index in [1.54, 1.807) is 42.2 Å². The van der Waals surface area contributed by atoms with Crippen LogP contribution < -0.4 is 5.32 Å². The van der Waals surface area contributed by atoms with E-state index in [-0.39, 0.29) is 24.1 Å². The van der Waals surface area contributed by atoms with Gasteiger partial charge in [0.05, 0.1) is 15.8 Å². The number of hydrogen-bond donors (Lipinski definition) is 1. The topological polar surface area (TPSA) is 49.4 Å². The Morgan fingerprint density at radius 1 is 1.03 bits per heavy atom. The Bertz CT molecular complexity index is 911. The molecular weight excluding hydrogens is 486 g/mol. The first-order valence-corrected chi connectivity index (χ1v) is 11.9. The quantitative estimate of drug-likeness (QED) is 0.447. The number of amides is 2. The number of nitrogens with zero attached hydrogens (tertiary/aromatic N) is 1. The van der Waals surface area contributed by atoms with E-state index in [0.29, 0.717) is 32.4 Å². The van der Waals surface area contributed by atoms with Crippen LogP contribution >= 0.6 is 58.2 Å². The molecule has 1 unspecified atom stereocenters. The first kappa shape index (κ1) is 25.2. The standard InChI is InChI=1S/C21H22Cl4N2O2S/c1-3-26-21(29)13(2)27(10-14-4-7-17(23)19(25)8-14)20(28)12-30-11-15-5-6-16(22)9-18(15)24/h4-9,13H,3,10-12H2,1-2H3,(H,26,29). The summed E-state index contributed by atoms with van der Waals surface area (Å²) in [5.74, 6) is 0.383. The Kier molecular flexibility index (Phi) is 10.1. The fraction of sp³-hybridized carbons (Fsp3) is 0.333. The second-order valence-electron chi connectivity index (χ2n) is 6.57. The zero-order chi connectivity index (χ0) is 22.3. The highest BCUT2D eigenvalue weighted by molar-refractivity contribution is 7.99. The lowest BCUT2D eigenvalue weighted by molar-refractivity contribution is -0.138. The molecule has 9 heteroatoms. The molecule has 0 spiro atoms. The van der Waals surface area contributed by atoms with Gasteiger partial charge in [0.1, 0.15) is 6.04 Å². The van der Waals surface area contributed by atoms with Gasteiger partial charge in [-0.2, -0.15) is 0 Å². The minimum absolute atomic E-state index is 0.157. The molecule has 0 heterocycles. The number of hydrogen-bond acceptors (Lipinski definition) is 3. The first-order chi connectivity index (χ1) is 14.2. The maximum atomic E-state index is 13.0. The van der Waals surface area contributed by atoms with E-state index in [1.165, 1.54) is 11.8 Å². The molecule has 0 aromatic heterocycles. The summed E-state index contributed by atoms with van der Waals surface area (Å²) in [6.07, 6.45) is 0. The molecule has 0 radical (unpaired) electrons. The molecule has 0 aliphatic rings. The van der Waals surface area contributed by atoms with E-state index in [1.807, 2.05) is 13.0 Å². The average Bonchev–Trinajstić information content (AvgIpc) is 2.70. The Morgan fingerprint density at radius 2 is 1.77 bits per heavy atom. The number of carbonyl (C=O) groups is 2. The van der Waals surface area contributed by atoms with Gasteiger partial charge in [0.15, 0.2) is 0 Å². The number of rotatable bonds is 9. The van der Waals surface area contributed by atoms with Gasteiger partial charge in [-0.3, -0.25) is 9.59 Å². The van der Waals surface area contributed by atoms with Crippen LogP contribution in [-0.2, 0) is 21.9 Å². The number of thioether (sulfide) groups is 1. The van der Waals surface area contributed by atoms with Crippen molar-refractivity contribution in [2.24, 2.45) is 0 Å². The van der Waals surface area contributed by atoms with Crippen molar-refractivity contribution < 1.29 is 9.59 Å². The van der Waals surface area contributed by atoms with E-state index >= 15 is 0 Å². The summed E-state index contributed by atoms with van der Waals surface area (Å²) in [6.45, 7) is 4.28. The Morgan fingerprint density at radius 3 is 2.40 bits per heavy atom.